The predicted molar refractivity (Wildman–Crippen MR) is 106 cm³/mol. The second-order valence-corrected chi connectivity index (χ2v) is 7.13. The van der Waals surface area contributed by atoms with Gasteiger partial charge in [0.25, 0.3) is 5.91 Å². The number of amides is 2. The lowest BCUT2D eigenvalue weighted by Crippen LogP contribution is -2.41. The van der Waals surface area contributed by atoms with Gasteiger partial charge in [-0.1, -0.05) is 29.3 Å². The van der Waals surface area contributed by atoms with Crippen LogP contribution in [0.15, 0.2) is 42.5 Å². The molecule has 1 fully saturated rings. The van der Waals surface area contributed by atoms with Crippen molar-refractivity contribution in [1.82, 2.24) is 4.90 Å². The smallest absolute Gasteiger partial charge is 0.253 e. The number of para-hydroxylation sites is 2. The summed E-state index contributed by atoms with van der Waals surface area (Å²) in [5.41, 5.74) is 3.58. The van der Waals surface area contributed by atoms with E-state index in [9.17, 15) is 9.59 Å². The highest BCUT2D eigenvalue weighted by Gasteiger charge is 2.28. The number of methoxy groups -OCH3 is 1. The standard InChI is InChI=1S/C22H26N2O3/c1-15-12-16(2)14-18(13-15)22(26)24-10-8-17(9-11-24)21(25)23-19-6-4-5-7-20(19)27-3/h4-7,12-14,17H,8-11H2,1-3H3,(H,23,25). The minimum atomic E-state index is -0.0989. The van der Waals surface area contributed by atoms with Crippen molar-refractivity contribution in [2.75, 3.05) is 25.5 Å². The molecule has 0 bridgehead atoms. The lowest BCUT2D eigenvalue weighted by atomic mass is 9.95. The van der Waals surface area contributed by atoms with Crippen LogP contribution in [0.1, 0.15) is 34.3 Å². The van der Waals surface area contributed by atoms with Gasteiger partial charge in [-0.3, -0.25) is 9.59 Å². The highest BCUT2D eigenvalue weighted by Crippen LogP contribution is 2.26. The molecule has 3 rings (SSSR count). The van der Waals surface area contributed by atoms with Crippen molar-refractivity contribution in [3.63, 3.8) is 0 Å². The van der Waals surface area contributed by atoms with Gasteiger partial charge < -0.3 is 15.0 Å². The molecule has 5 nitrogen and oxygen atoms in total. The molecule has 1 saturated heterocycles. The maximum atomic E-state index is 12.8. The molecule has 0 saturated carbocycles. The van der Waals surface area contributed by atoms with Crippen LogP contribution in [-0.4, -0.2) is 36.9 Å². The van der Waals surface area contributed by atoms with Crippen LogP contribution in [0.5, 0.6) is 5.75 Å². The summed E-state index contributed by atoms with van der Waals surface area (Å²) in [5.74, 6) is 0.579. The Bertz CT molecular complexity index is 819. The van der Waals surface area contributed by atoms with Crippen LogP contribution >= 0.6 is 0 Å². The first-order valence-corrected chi connectivity index (χ1v) is 9.29. The molecule has 2 aromatic rings. The molecule has 5 heteroatoms. The van der Waals surface area contributed by atoms with Crippen molar-refractivity contribution in [3.8, 4) is 5.75 Å². The molecule has 1 aliphatic heterocycles. The van der Waals surface area contributed by atoms with Crippen LogP contribution in [0.25, 0.3) is 0 Å². The molecule has 1 aliphatic rings. The molecular formula is C22H26N2O3. The zero-order valence-electron chi connectivity index (χ0n) is 16.1. The number of likely N-dealkylation sites (tertiary alicyclic amines) is 1. The Hall–Kier alpha value is -2.82. The number of anilines is 1. The number of nitrogens with one attached hydrogen (secondary N) is 1. The molecule has 2 amide bonds. The predicted octanol–water partition coefficient (Wildman–Crippen LogP) is 3.80. The molecule has 0 unspecified atom stereocenters. The highest BCUT2D eigenvalue weighted by atomic mass is 16.5. The average Bonchev–Trinajstić information content (AvgIpc) is 2.67. The molecule has 0 radical (unpaired) electrons. The van der Waals surface area contributed by atoms with Crippen molar-refractivity contribution in [2.24, 2.45) is 5.92 Å². The minimum Gasteiger partial charge on any atom is -0.495 e. The number of rotatable bonds is 4. The Kier molecular flexibility index (Phi) is 5.79. The van der Waals surface area contributed by atoms with Gasteiger partial charge in [-0.25, -0.2) is 0 Å². The highest BCUT2D eigenvalue weighted by molar-refractivity contribution is 5.96. The van der Waals surface area contributed by atoms with E-state index in [4.69, 9.17) is 4.74 Å². The summed E-state index contributed by atoms with van der Waals surface area (Å²) in [6, 6.07) is 13.3. The first-order valence-electron chi connectivity index (χ1n) is 9.29. The van der Waals surface area contributed by atoms with Gasteiger partial charge in [0.2, 0.25) is 5.91 Å². The average molecular weight is 366 g/mol. The second kappa shape index (κ2) is 8.25. The summed E-state index contributed by atoms with van der Waals surface area (Å²) >= 11 is 0. The maximum Gasteiger partial charge on any atom is 0.253 e. The summed E-state index contributed by atoms with van der Waals surface area (Å²) in [6.07, 6.45) is 1.33. The van der Waals surface area contributed by atoms with Gasteiger partial charge in [-0.05, 0) is 51.0 Å². The van der Waals surface area contributed by atoms with Crippen molar-refractivity contribution in [3.05, 3.63) is 59.2 Å². The van der Waals surface area contributed by atoms with Gasteiger partial charge in [0.1, 0.15) is 5.75 Å². The molecule has 142 valence electrons. The van der Waals surface area contributed by atoms with Crippen LogP contribution < -0.4 is 10.1 Å². The molecule has 0 spiro atoms. The number of carbonyl (C=O) groups is 2. The third-order valence-electron chi connectivity index (χ3n) is 4.99. The first kappa shape index (κ1) is 19.0. The SMILES string of the molecule is COc1ccccc1NC(=O)C1CCN(C(=O)c2cc(C)cc(C)c2)CC1. The normalized spacial score (nSPS) is 14.7. The fourth-order valence-electron chi connectivity index (χ4n) is 3.61. The minimum absolute atomic E-state index is 0.0157. The number of hydrogen-bond donors (Lipinski definition) is 1. The Morgan fingerprint density at radius 2 is 1.67 bits per heavy atom. The fourth-order valence-corrected chi connectivity index (χ4v) is 3.61. The number of aryl methyl sites for hydroxylation is 2. The number of benzene rings is 2. The quantitative estimate of drug-likeness (QED) is 0.895. The van der Waals surface area contributed by atoms with Gasteiger partial charge in [0.15, 0.2) is 0 Å². The van der Waals surface area contributed by atoms with Crippen LogP contribution in [-0.2, 0) is 4.79 Å². The maximum absolute atomic E-state index is 12.8. The lowest BCUT2D eigenvalue weighted by Gasteiger charge is -2.31. The lowest BCUT2D eigenvalue weighted by molar-refractivity contribution is -0.121. The summed E-state index contributed by atoms with van der Waals surface area (Å²) in [7, 11) is 1.59. The molecular weight excluding hydrogens is 340 g/mol. The van der Waals surface area contributed by atoms with E-state index in [-0.39, 0.29) is 17.7 Å². The number of nitrogens with zero attached hydrogens (tertiary/aromatic N) is 1. The number of ether oxygens (including phenoxy) is 1. The van der Waals surface area contributed by atoms with Gasteiger partial charge >= 0.3 is 0 Å². The Labute approximate surface area is 160 Å². The van der Waals surface area contributed by atoms with Crippen molar-refractivity contribution < 1.29 is 14.3 Å². The summed E-state index contributed by atoms with van der Waals surface area (Å²) in [6.45, 7) is 5.18. The topological polar surface area (TPSA) is 58.6 Å². The van der Waals surface area contributed by atoms with Crippen molar-refractivity contribution in [1.29, 1.82) is 0 Å². The first-order chi connectivity index (χ1) is 13.0. The van der Waals surface area contributed by atoms with E-state index in [1.165, 1.54) is 0 Å². The van der Waals surface area contributed by atoms with E-state index in [1.807, 2.05) is 55.1 Å². The van der Waals surface area contributed by atoms with E-state index in [1.54, 1.807) is 7.11 Å². The molecule has 27 heavy (non-hydrogen) atoms. The van der Waals surface area contributed by atoms with Crippen LogP contribution in [0.4, 0.5) is 5.69 Å². The molecule has 0 aliphatic carbocycles. The Morgan fingerprint density at radius 3 is 2.30 bits per heavy atom. The van der Waals surface area contributed by atoms with Crippen LogP contribution in [0, 0.1) is 19.8 Å². The summed E-state index contributed by atoms with van der Waals surface area (Å²) in [5, 5.41) is 2.95. The van der Waals surface area contributed by atoms with E-state index in [0.717, 1.165) is 16.7 Å². The number of piperidine rings is 1. The van der Waals surface area contributed by atoms with Gasteiger partial charge in [0, 0.05) is 24.6 Å². The third kappa shape index (κ3) is 4.48. The van der Waals surface area contributed by atoms with Gasteiger partial charge in [-0.2, -0.15) is 0 Å². The van der Waals surface area contributed by atoms with Crippen LogP contribution in [0.2, 0.25) is 0 Å². The fraction of sp³-hybridized carbons (Fsp3) is 0.364. The zero-order valence-corrected chi connectivity index (χ0v) is 16.1. The zero-order chi connectivity index (χ0) is 19.4. The van der Waals surface area contributed by atoms with Crippen LogP contribution in [0.3, 0.4) is 0 Å². The second-order valence-electron chi connectivity index (χ2n) is 7.13. The van der Waals surface area contributed by atoms with E-state index < -0.39 is 0 Å². The monoisotopic (exact) mass is 366 g/mol. The van der Waals surface area contributed by atoms with Gasteiger partial charge in [0.05, 0.1) is 12.8 Å². The molecule has 0 aromatic heterocycles. The molecule has 0 atom stereocenters. The van der Waals surface area contributed by atoms with Gasteiger partial charge in [-0.15, -0.1) is 0 Å². The summed E-state index contributed by atoms with van der Waals surface area (Å²) < 4.78 is 5.28. The van der Waals surface area contributed by atoms with Crippen molar-refractivity contribution >= 4 is 17.5 Å². The van der Waals surface area contributed by atoms with E-state index in [0.29, 0.717) is 37.4 Å². The third-order valence-corrected chi connectivity index (χ3v) is 4.99. The van der Waals surface area contributed by atoms with Crippen molar-refractivity contribution in [2.45, 2.75) is 26.7 Å². The van der Waals surface area contributed by atoms with E-state index >= 15 is 0 Å². The summed E-state index contributed by atoms with van der Waals surface area (Å²) in [4.78, 5) is 27.2. The molecule has 2 aromatic carbocycles. The largest absolute Gasteiger partial charge is 0.495 e. The Balaban J connectivity index is 1.59. The number of carbonyl (C=O) groups excluding carboxylic acids is 2. The Morgan fingerprint density at radius 1 is 1.04 bits per heavy atom. The van der Waals surface area contributed by atoms with E-state index in [2.05, 4.69) is 11.4 Å². The molecule has 1 N–H and O–H groups in total. The molecule has 1 heterocycles. The number of hydrogen-bond acceptors (Lipinski definition) is 3.